The third-order valence-electron chi connectivity index (χ3n) is 5.11. The zero-order valence-electron chi connectivity index (χ0n) is 12.7. The van der Waals surface area contributed by atoms with E-state index in [9.17, 15) is 0 Å². The fourth-order valence-electron chi connectivity index (χ4n) is 3.03. The molecule has 0 atom stereocenters. The predicted octanol–water partition coefficient (Wildman–Crippen LogP) is 3.41. The van der Waals surface area contributed by atoms with Gasteiger partial charge in [-0.25, -0.2) is 0 Å². The first-order valence-corrected chi connectivity index (χ1v) is 7.53. The molecular formula is C15H27N3O. The van der Waals surface area contributed by atoms with Crippen molar-refractivity contribution in [1.82, 2.24) is 10.1 Å². The molecule has 0 bridgehead atoms. The van der Waals surface area contributed by atoms with Gasteiger partial charge in [-0.2, -0.15) is 4.98 Å². The van der Waals surface area contributed by atoms with Crippen molar-refractivity contribution in [2.24, 2.45) is 17.1 Å². The monoisotopic (exact) mass is 265 g/mol. The minimum Gasteiger partial charge on any atom is -0.339 e. The van der Waals surface area contributed by atoms with Crippen molar-refractivity contribution >= 4 is 0 Å². The maximum Gasteiger partial charge on any atom is 0.226 e. The van der Waals surface area contributed by atoms with Crippen LogP contribution in [0.3, 0.4) is 0 Å². The number of hydrogen-bond donors (Lipinski definition) is 1. The van der Waals surface area contributed by atoms with Crippen LogP contribution < -0.4 is 5.73 Å². The molecule has 4 nitrogen and oxygen atoms in total. The van der Waals surface area contributed by atoms with Crippen LogP contribution in [-0.4, -0.2) is 10.1 Å². The highest BCUT2D eigenvalue weighted by Crippen LogP contribution is 2.45. The van der Waals surface area contributed by atoms with Gasteiger partial charge < -0.3 is 10.3 Å². The van der Waals surface area contributed by atoms with Gasteiger partial charge >= 0.3 is 0 Å². The Balaban J connectivity index is 2.05. The third-order valence-corrected chi connectivity index (χ3v) is 5.11. The molecule has 2 N–H and O–H groups in total. The molecule has 1 aromatic rings. The van der Waals surface area contributed by atoms with Crippen molar-refractivity contribution in [1.29, 1.82) is 0 Å². The van der Waals surface area contributed by atoms with Crippen molar-refractivity contribution in [3.8, 4) is 0 Å². The van der Waals surface area contributed by atoms with E-state index in [-0.39, 0.29) is 5.54 Å². The molecule has 1 saturated carbocycles. The van der Waals surface area contributed by atoms with Crippen LogP contribution in [0.1, 0.15) is 71.5 Å². The van der Waals surface area contributed by atoms with E-state index >= 15 is 0 Å². The molecule has 2 rings (SSSR count). The van der Waals surface area contributed by atoms with E-state index in [1.165, 1.54) is 6.42 Å². The lowest BCUT2D eigenvalue weighted by atomic mass is 9.65. The molecule has 1 aliphatic carbocycles. The van der Waals surface area contributed by atoms with Crippen molar-refractivity contribution in [3.63, 3.8) is 0 Å². The normalized spacial score (nSPS) is 28.6. The van der Waals surface area contributed by atoms with E-state index in [1.54, 1.807) is 0 Å². The summed E-state index contributed by atoms with van der Waals surface area (Å²) in [6.45, 7) is 9.02. The number of nitrogens with zero attached hydrogens (tertiary/aromatic N) is 2. The average Bonchev–Trinajstić information content (AvgIpc) is 2.89. The summed E-state index contributed by atoms with van der Waals surface area (Å²) in [4.78, 5) is 4.43. The molecule has 1 aromatic heterocycles. The Morgan fingerprint density at radius 1 is 1.32 bits per heavy atom. The quantitative estimate of drug-likeness (QED) is 0.906. The highest BCUT2D eigenvalue weighted by molar-refractivity contribution is 5.06. The number of hydrogen-bond acceptors (Lipinski definition) is 4. The van der Waals surface area contributed by atoms with Crippen molar-refractivity contribution in [3.05, 3.63) is 11.7 Å². The molecule has 1 heterocycles. The summed E-state index contributed by atoms with van der Waals surface area (Å²) in [5, 5.41) is 4.08. The largest absolute Gasteiger partial charge is 0.339 e. The predicted molar refractivity (Wildman–Crippen MR) is 75.6 cm³/mol. The van der Waals surface area contributed by atoms with E-state index in [2.05, 4.69) is 30.9 Å². The Labute approximate surface area is 116 Å². The van der Waals surface area contributed by atoms with E-state index in [0.717, 1.165) is 38.0 Å². The topological polar surface area (TPSA) is 64.9 Å². The van der Waals surface area contributed by atoms with Gasteiger partial charge in [0.05, 0.1) is 5.54 Å². The average molecular weight is 265 g/mol. The van der Waals surface area contributed by atoms with E-state index in [0.29, 0.717) is 17.1 Å². The van der Waals surface area contributed by atoms with Crippen molar-refractivity contribution < 1.29 is 4.52 Å². The molecule has 0 aromatic carbocycles. The van der Waals surface area contributed by atoms with E-state index < -0.39 is 0 Å². The second kappa shape index (κ2) is 5.23. The molecule has 19 heavy (non-hydrogen) atoms. The smallest absolute Gasteiger partial charge is 0.226 e. The highest BCUT2D eigenvalue weighted by Gasteiger charge is 2.40. The van der Waals surface area contributed by atoms with Crippen LogP contribution >= 0.6 is 0 Å². The zero-order chi connectivity index (χ0) is 14.1. The lowest BCUT2D eigenvalue weighted by Crippen LogP contribution is -2.43. The van der Waals surface area contributed by atoms with Gasteiger partial charge in [0.2, 0.25) is 5.89 Å². The molecular weight excluding hydrogens is 238 g/mol. The number of rotatable bonds is 4. The molecule has 1 fully saturated rings. The summed E-state index contributed by atoms with van der Waals surface area (Å²) in [5.41, 5.74) is 6.54. The molecule has 0 radical (unpaired) electrons. The molecule has 108 valence electrons. The molecule has 0 spiro atoms. The van der Waals surface area contributed by atoms with E-state index in [4.69, 9.17) is 10.3 Å². The second-order valence-electron chi connectivity index (χ2n) is 6.64. The lowest BCUT2D eigenvalue weighted by Gasteiger charge is -2.41. The Bertz CT molecular complexity index is 417. The van der Waals surface area contributed by atoms with Gasteiger partial charge in [0.1, 0.15) is 0 Å². The molecule has 1 aliphatic rings. The minimum absolute atomic E-state index is 0.378. The highest BCUT2D eigenvalue weighted by atomic mass is 16.5. The summed E-state index contributed by atoms with van der Waals surface area (Å²) < 4.78 is 5.21. The van der Waals surface area contributed by atoms with Gasteiger partial charge in [-0.05, 0) is 37.0 Å². The fraction of sp³-hybridized carbons (Fsp3) is 0.867. The van der Waals surface area contributed by atoms with Crippen molar-refractivity contribution in [2.75, 3.05) is 0 Å². The Hall–Kier alpha value is -0.900. The summed E-state index contributed by atoms with van der Waals surface area (Å²) in [6, 6.07) is 0. The fourth-order valence-corrected chi connectivity index (χ4v) is 3.03. The lowest BCUT2D eigenvalue weighted by molar-refractivity contribution is 0.110. The van der Waals surface area contributed by atoms with Crippen LogP contribution in [0.5, 0.6) is 0 Å². The zero-order valence-corrected chi connectivity index (χ0v) is 12.7. The standard InChI is InChI=1S/C15H27N3O/c1-5-12-17-13(18-19-12)15(16)9-7-11(8-10-15)14(3,4)6-2/h11H,5-10,16H2,1-4H3. The SMILES string of the molecule is CCc1nc(C2(N)CCC(C(C)(C)CC)CC2)no1. The molecule has 4 heteroatoms. The first kappa shape index (κ1) is 14.5. The minimum atomic E-state index is -0.378. The molecule has 0 unspecified atom stereocenters. The van der Waals surface area contributed by atoms with Crippen LogP contribution in [0.25, 0.3) is 0 Å². The van der Waals surface area contributed by atoms with Gasteiger partial charge in [-0.1, -0.05) is 39.3 Å². The summed E-state index contributed by atoms with van der Waals surface area (Å²) in [5.74, 6) is 2.15. The van der Waals surface area contributed by atoms with Gasteiger partial charge in [-0.3, -0.25) is 0 Å². The van der Waals surface area contributed by atoms with Crippen LogP contribution in [-0.2, 0) is 12.0 Å². The van der Waals surface area contributed by atoms with Gasteiger partial charge in [0, 0.05) is 6.42 Å². The number of nitrogens with two attached hydrogens (primary N) is 1. The van der Waals surface area contributed by atoms with Crippen molar-refractivity contribution in [2.45, 2.75) is 71.8 Å². The Kier molecular flexibility index (Phi) is 4.00. The van der Waals surface area contributed by atoms with Crippen LogP contribution in [0.2, 0.25) is 0 Å². The van der Waals surface area contributed by atoms with Crippen LogP contribution in [0.15, 0.2) is 4.52 Å². The summed E-state index contributed by atoms with van der Waals surface area (Å²) in [6.07, 6.45) is 6.24. The second-order valence-corrected chi connectivity index (χ2v) is 6.64. The third kappa shape index (κ3) is 2.83. The van der Waals surface area contributed by atoms with Gasteiger partial charge in [0.25, 0.3) is 0 Å². The van der Waals surface area contributed by atoms with Gasteiger partial charge in [0.15, 0.2) is 5.82 Å². The number of aryl methyl sites for hydroxylation is 1. The summed E-state index contributed by atoms with van der Waals surface area (Å²) in [7, 11) is 0. The molecule has 0 aliphatic heterocycles. The number of aromatic nitrogens is 2. The Morgan fingerprint density at radius 2 is 1.95 bits per heavy atom. The summed E-state index contributed by atoms with van der Waals surface area (Å²) >= 11 is 0. The van der Waals surface area contributed by atoms with Crippen LogP contribution in [0.4, 0.5) is 0 Å². The molecule has 0 saturated heterocycles. The first-order valence-electron chi connectivity index (χ1n) is 7.53. The first-order chi connectivity index (χ1) is 8.91. The Morgan fingerprint density at radius 3 is 2.42 bits per heavy atom. The maximum atomic E-state index is 6.51. The van der Waals surface area contributed by atoms with Gasteiger partial charge in [-0.15, -0.1) is 0 Å². The van der Waals surface area contributed by atoms with Crippen LogP contribution in [0, 0.1) is 11.3 Å². The molecule has 0 amide bonds. The van der Waals surface area contributed by atoms with E-state index in [1.807, 2.05) is 6.92 Å². The maximum absolute atomic E-state index is 6.51.